The fraction of sp³-hybridized carbons (Fsp3) is 0.636. The van der Waals surface area contributed by atoms with Crippen LogP contribution in [0.2, 0.25) is 0 Å². The maximum Gasteiger partial charge on any atom is 0.273 e. The van der Waals surface area contributed by atoms with Gasteiger partial charge in [-0.05, 0) is 29.9 Å². The molecule has 1 heterocycles. The first kappa shape index (κ1) is 13.1. The van der Waals surface area contributed by atoms with Crippen molar-refractivity contribution in [2.45, 2.75) is 26.3 Å². The van der Waals surface area contributed by atoms with Crippen LogP contribution in [-0.2, 0) is 0 Å². The van der Waals surface area contributed by atoms with Crippen LogP contribution in [-0.4, -0.2) is 40.0 Å². The zero-order valence-electron chi connectivity index (χ0n) is 9.88. The van der Waals surface area contributed by atoms with Crippen LogP contribution in [0.4, 0.5) is 0 Å². The highest BCUT2D eigenvalue weighted by Crippen LogP contribution is 2.13. The predicted octanol–water partition coefficient (Wildman–Crippen LogP) is 1.62. The Kier molecular flexibility index (Phi) is 4.89. The van der Waals surface area contributed by atoms with Crippen LogP contribution in [0.1, 0.15) is 30.8 Å². The van der Waals surface area contributed by atoms with Gasteiger partial charge in [0, 0.05) is 12.4 Å². The first-order chi connectivity index (χ1) is 7.56. The summed E-state index contributed by atoms with van der Waals surface area (Å²) in [5.74, 6) is 0.323. The van der Waals surface area contributed by atoms with Crippen LogP contribution in [0.5, 0.6) is 0 Å². The van der Waals surface area contributed by atoms with Gasteiger partial charge in [-0.2, -0.15) is 4.37 Å². The van der Waals surface area contributed by atoms with E-state index in [4.69, 9.17) is 0 Å². The topological polar surface area (TPSA) is 53.4 Å². The summed E-state index contributed by atoms with van der Waals surface area (Å²) in [4.78, 5) is 13.5. The summed E-state index contributed by atoms with van der Waals surface area (Å²) in [6.07, 6.45) is 0.795. The summed E-state index contributed by atoms with van der Waals surface area (Å²) in [5.41, 5.74) is 0.453. The van der Waals surface area contributed by atoms with Gasteiger partial charge in [-0.15, -0.1) is 0 Å². The summed E-state index contributed by atoms with van der Waals surface area (Å²) in [6.45, 7) is 4.14. The molecule has 0 radical (unpaired) electrons. The van der Waals surface area contributed by atoms with Gasteiger partial charge < -0.3 is 10.0 Å². The fourth-order valence-electron chi connectivity index (χ4n) is 1.57. The van der Waals surface area contributed by atoms with Crippen molar-refractivity contribution in [3.8, 4) is 0 Å². The minimum Gasteiger partial charge on any atom is -0.394 e. The van der Waals surface area contributed by atoms with Crippen molar-refractivity contribution in [2.24, 2.45) is 5.92 Å². The molecule has 1 amide bonds. The predicted molar refractivity (Wildman–Crippen MR) is 64.5 cm³/mol. The largest absolute Gasteiger partial charge is 0.394 e. The monoisotopic (exact) mass is 242 g/mol. The van der Waals surface area contributed by atoms with E-state index in [1.807, 2.05) is 0 Å². The third-order valence-electron chi connectivity index (χ3n) is 2.48. The van der Waals surface area contributed by atoms with Crippen molar-refractivity contribution in [3.63, 3.8) is 0 Å². The van der Waals surface area contributed by atoms with E-state index in [9.17, 15) is 9.90 Å². The zero-order valence-corrected chi connectivity index (χ0v) is 10.7. The summed E-state index contributed by atoms with van der Waals surface area (Å²) in [7, 11) is 1.71. The van der Waals surface area contributed by atoms with Crippen LogP contribution in [0, 0.1) is 5.92 Å². The number of aliphatic hydroxyl groups excluding tert-OH is 1. The Morgan fingerprint density at radius 3 is 2.75 bits per heavy atom. The molecule has 16 heavy (non-hydrogen) atoms. The Bertz CT molecular complexity index is 325. The highest BCUT2D eigenvalue weighted by Gasteiger charge is 2.22. The molecule has 1 aromatic heterocycles. The van der Waals surface area contributed by atoms with Crippen molar-refractivity contribution in [1.29, 1.82) is 0 Å². The molecule has 0 aliphatic rings. The highest BCUT2D eigenvalue weighted by molar-refractivity contribution is 7.03. The summed E-state index contributed by atoms with van der Waals surface area (Å²) in [5, 5.41) is 11.1. The molecule has 1 unspecified atom stereocenters. The standard InChI is InChI=1S/C11H18N2O2S/c1-8(2)6-9(7-14)13(3)11(15)10-4-5-16-12-10/h4-5,8-9,14H,6-7H2,1-3H3. The quantitative estimate of drug-likeness (QED) is 0.853. The van der Waals surface area contributed by atoms with Crippen LogP contribution in [0.15, 0.2) is 11.4 Å². The number of likely N-dealkylation sites (N-methyl/N-ethyl adjacent to an activating group) is 1. The molecule has 1 aromatic rings. The molecule has 0 saturated heterocycles. The van der Waals surface area contributed by atoms with Gasteiger partial charge in [0.1, 0.15) is 5.69 Å². The minimum absolute atomic E-state index is 0.00937. The molecular weight excluding hydrogens is 224 g/mol. The lowest BCUT2D eigenvalue weighted by Gasteiger charge is -2.27. The second-order valence-electron chi connectivity index (χ2n) is 4.27. The molecule has 0 saturated carbocycles. The van der Waals surface area contributed by atoms with Crippen molar-refractivity contribution in [3.05, 3.63) is 17.1 Å². The number of hydrogen-bond donors (Lipinski definition) is 1. The lowest BCUT2D eigenvalue weighted by molar-refractivity contribution is 0.0626. The second kappa shape index (κ2) is 5.96. The number of carbonyl (C=O) groups excluding carboxylic acids is 1. The fourth-order valence-corrected chi connectivity index (χ4v) is 2.07. The first-order valence-electron chi connectivity index (χ1n) is 5.34. The van der Waals surface area contributed by atoms with E-state index in [1.54, 1.807) is 23.4 Å². The molecule has 0 fully saturated rings. The number of carbonyl (C=O) groups is 1. The second-order valence-corrected chi connectivity index (χ2v) is 4.93. The maximum absolute atomic E-state index is 11.9. The number of amides is 1. The molecule has 0 aromatic carbocycles. The van der Waals surface area contributed by atoms with Gasteiger partial charge in [-0.3, -0.25) is 4.79 Å². The molecule has 90 valence electrons. The van der Waals surface area contributed by atoms with Crippen molar-refractivity contribution >= 4 is 17.4 Å². The molecule has 1 rings (SSSR count). The number of hydrogen-bond acceptors (Lipinski definition) is 4. The Balaban J connectivity index is 2.68. The summed E-state index contributed by atoms with van der Waals surface area (Å²) in [6, 6.07) is 1.57. The van der Waals surface area contributed by atoms with Gasteiger partial charge in [0.2, 0.25) is 0 Å². The van der Waals surface area contributed by atoms with Crippen LogP contribution >= 0.6 is 11.5 Å². The van der Waals surface area contributed by atoms with E-state index < -0.39 is 0 Å². The van der Waals surface area contributed by atoms with Gasteiger partial charge in [0.05, 0.1) is 12.6 Å². The molecular formula is C11H18N2O2S. The molecule has 0 aliphatic heterocycles. The summed E-state index contributed by atoms with van der Waals surface area (Å²) < 4.78 is 4.00. The third-order valence-corrected chi connectivity index (χ3v) is 3.04. The molecule has 0 bridgehead atoms. The van der Waals surface area contributed by atoms with Gasteiger partial charge >= 0.3 is 0 Å². The van der Waals surface area contributed by atoms with Crippen molar-refractivity contribution in [2.75, 3.05) is 13.7 Å². The SMILES string of the molecule is CC(C)CC(CO)N(C)C(=O)c1ccsn1. The molecule has 1 atom stereocenters. The smallest absolute Gasteiger partial charge is 0.273 e. The van der Waals surface area contributed by atoms with Gasteiger partial charge in [0.15, 0.2) is 0 Å². The van der Waals surface area contributed by atoms with Gasteiger partial charge in [0.25, 0.3) is 5.91 Å². The maximum atomic E-state index is 11.9. The van der Waals surface area contributed by atoms with Crippen molar-refractivity contribution in [1.82, 2.24) is 9.27 Å². The average molecular weight is 242 g/mol. The Labute approximate surface area is 100 Å². The van der Waals surface area contributed by atoms with Crippen LogP contribution in [0.3, 0.4) is 0 Å². The number of rotatable bonds is 5. The van der Waals surface area contributed by atoms with E-state index in [0.29, 0.717) is 11.6 Å². The lowest BCUT2D eigenvalue weighted by Crippen LogP contribution is -2.40. The normalized spacial score (nSPS) is 12.8. The van der Waals surface area contributed by atoms with E-state index >= 15 is 0 Å². The summed E-state index contributed by atoms with van der Waals surface area (Å²) >= 11 is 1.26. The number of aliphatic hydroxyl groups is 1. The van der Waals surface area contributed by atoms with E-state index in [-0.39, 0.29) is 18.6 Å². The van der Waals surface area contributed by atoms with E-state index in [0.717, 1.165) is 6.42 Å². The molecule has 5 heteroatoms. The van der Waals surface area contributed by atoms with Crippen LogP contribution < -0.4 is 0 Å². The zero-order chi connectivity index (χ0) is 12.1. The molecule has 4 nitrogen and oxygen atoms in total. The minimum atomic E-state index is -0.130. The van der Waals surface area contributed by atoms with E-state index in [2.05, 4.69) is 18.2 Å². The number of aromatic nitrogens is 1. The van der Waals surface area contributed by atoms with E-state index in [1.165, 1.54) is 11.5 Å². The average Bonchev–Trinajstić information content (AvgIpc) is 2.76. The Morgan fingerprint density at radius 1 is 1.62 bits per heavy atom. The highest BCUT2D eigenvalue weighted by atomic mass is 32.1. The Hall–Kier alpha value is -0.940. The lowest BCUT2D eigenvalue weighted by atomic mass is 10.0. The van der Waals surface area contributed by atoms with Crippen LogP contribution in [0.25, 0.3) is 0 Å². The Morgan fingerprint density at radius 2 is 2.31 bits per heavy atom. The first-order valence-corrected chi connectivity index (χ1v) is 6.18. The van der Waals surface area contributed by atoms with Crippen molar-refractivity contribution < 1.29 is 9.90 Å². The van der Waals surface area contributed by atoms with Gasteiger partial charge in [-0.25, -0.2) is 0 Å². The molecule has 0 spiro atoms. The third kappa shape index (κ3) is 3.28. The molecule has 1 N–H and O–H groups in total. The van der Waals surface area contributed by atoms with Gasteiger partial charge in [-0.1, -0.05) is 13.8 Å². The number of nitrogens with zero attached hydrogens (tertiary/aromatic N) is 2. The molecule has 0 aliphatic carbocycles.